The summed E-state index contributed by atoms with van der Waals surface area (Å²) in [6.07, 6.45) is 4.66. The van der Waals surface area contributed by atoms with Crippen LogP contribution in [0.2, 0.25) is 0 Å². The molecular weight excluding hydrogens is 408 g/mol. The summed E-state index contributed by atoms with van der Waals surface area (Å²) in [5, 5.41) is 3.42. The molecule has 0 radical (unpaired) electrons. The summed E-state index contributed by atoms with van der Waals surface area (Å²) in [6, 6.07) is 12.9. The Hall–Kier alpha value is -3.75. The average molecular weight is 437 g/mol. The number of rotatable bonds is 5. The zero-order chi connectivity index (χ0) is 22.7. The van der Waals surface area contributed by atoms with Gasteiger partial charge in [0.1, 0.15) is 11.4 Å². The predicted octanol–water partition coefficient (Wildman–Crippen LogP) is 3.34. The van der Waals surface area contributed by atoms with E-state index >= 15 is 0 Å². The van der Waals surface area contributed by atoms with Gasteiger partial charge in [-0.05, 0) is 56.0 Å². The number of carbonyl (C=O) groups is 1. The van der Waals surface area contributed by atoms with Crippen LogP contribution in [0.1, 0.15) is 42.5 Å². The molecule has 0 bridgehead atoms. The third-order valence-electron chi connectivity index (χ3n) is 5.89. The van der Waals surface area contributed by atoms with Gasteiger partial charge < -0.3 is 26.3 Å². The molecule has 1 aliphatic heterocycles. The molecule has 1 saturated carbocycles. The van der Waals surface area contributed by atoms with Crippen molar-refractivity contribution in [3.63, 3.8) is 0 Å². The molecule has 0 atom stereocenters. The van der Waals surface area contributed by atoms with E-state index in [4.69, 9.17) is 25.9 Å². The summed E-state index contributed by atoms with van der Waals surface area (Å²) in [5.41, 5.74) is 14.4. The van der Waals surface area contributed by atoms with Gasteiger partial charge in [0, 0.05) is 0 Å². The van der Waals surface area contributed by atoms with Crippen molar-refractivity contribution in [2.24, 2.45) is 21.5 Å². The first-order valence-electron chi connectivity index (χ1n) is 10.6. The number of ether oxygens (including phenoxy) is 2. The number of para-hydroxylation sites is 2. The Morgan fingerprint density at radius 2 is 1.81 bits per heavy atom. The van der Waals surface area contributed by atoms with Crippen LogP contribution in [0.15, 0.2) is 52.4 Å². The second-order valence-corrected chi connectivity index (χ2v) is 7.87. The van der Waals surface area contributed by atoms with Crippen molar-refractivity contribution in [1.29, 1.82) is 0 Å². The van der Waals surface area contributed by atoms with Gasteiger partial charge >= 0.3 is 5.97 Å². The summed E-state index contributed by atoms with van der Waals surface area (Å²) in [6.45, 7) is 0. The molecule has 32 heavy (non-hydrogen) atoms. The topological polar surface area (TPSA) is 128 Å². The standard InChI is InChI=1S/C23H28N6O3/c1-31-19-9-5-4-8-17(19)26-16-11-10-15(20(30)32-2)14-18(16)29-22(25)27-21(24)28-23(29)12-6-3-7-13-23/h4-5,8-11,14,26H,3,6-7,12-13H2,1-2H3,(H4,24,25,27,28). The normalized spacial score (nSPS) is 17.4. The summed E-state index contributed by atoms with van der Waals surface area (Å²) in [7, 11) is 2.97. The molecule has 5 N–H and O–H groups in total. The minimum atomic E-state index is -0.653. The van der Waals surface area contributed by atoms with Crippen molar-refractivity contribution in [3.8, 4) is 5.75 Å². The Morgan fingerprint density at radius 3 is 2.53 bits per heavy atom. The Balaban J connectivity index is 1.86. The van der Waals surface area contributed by atoms with Crippen molar-refractivity contribution < 1.29 is 14.3 Å². The number of methoxy groups -OCH3 is 2. The predicted molar refractivity (Wildman–Crippen MR) is 126 cm³/mol. The van der Waals surface area contributed by atoms with Crippen molar-refractivity contribution in [3.05, 3.63) is 48.0 Å². The Kier molecular flexibility index (Phi) is 5.89. The molecule has 9 nitrogen and oxygen atoms in total. The Morgan fingerprint density at radius 1 is 1.06 bits per heavy atom. The van der Waals surface area contributed by atoms with Crippen LogP contribution in [0.3, 0.4) is 0 Å². The SMILES string of the molecule is COC(=O)c1ccc(Nc2ccccc2OC)c(N2C(N)=NC(N)=NC23CCCCC3)c1. The maximum absolute atomic E-state index is 12.3. The van der Waals surface area contributed by atoms with E-state index in [1.807, 2.05) is 35.2 Å². The quantitative estimate of drug-likeness (QED) is 0.613. The molecule has 1 spiro atoms. The van der Waals surface area contributed by atoms with Gasteiger partial charge in [-0.2, -0.15) is 4.99 Å². The number of hydrogen-bond donors (Lipinski definition) is 3. The number of nitrogens with two attached hydrogens (primary N) is 2. The molecule has 2 aliphatic rings. The van der Waals surface area contributed by atoms with Crippen LogP contribution in [-0.2, 0) is 4.74 Å². The van der Waals surface area contributed by atoms with Crippen LogP contribution < -0.4 is 26.4 Å². The minimum Gasteiger partial charge on any atom is -0.495 e. The zero-order valence-electron chi connectivity index (χ0n) is 18.3. The van der Waals surface area contributed by atoms with Crippen LogP contribution in [0.5, 0.6) is 5.75 Å². The maximum atomic E-state index is 12.3. The first-order valence-corrected chi connectivity index (χ1v) is 10.6. The number of carbonyl (C=O) groups excluding carboxylic acids is 1. The van der Waals surface area contributed by atoms with E-state index < -0.39 is 11.6 Å². The van der Waals surface area contributed by atoms with Crippen LogP contribution in [0.25, 0.3) is 0 Å². The maximum Gasteiger partial charge on any atom is 0.337 e. The van der Waals surface area contributed by atoms with Crippen LogP contribution >= 0.6 is 0 Å². The molecule has 2 aromatic rings. The first kappa shape index (κ1) is 21.5. The number of hydrogen-bond acceptors (Lipinski definition) is 9. The fourth-order valence-corrected chi connectivity index (χ4v) is 4.43. The van der Waals surface area contributed by atoms with Gasteiger partial charge in [-0.1, -0.05) is 18.6 Å². The highest BCUT2D eigenvalue weighted by Crippen LogP contribution is 2.43. The van der Waals surface area contributed by atoms with E-state index in [-0.39, 0.29) is 11.9 Å². The van der Waals surface area contributed by atoms with Crippen molar-refractivity contribution in [2.75, 3.05) is 24.4 Å². The lowest BCUT2D eigenvalue weighted by Gasteiger charge is -2.46. The molecule has 0 unspecified atom stereocenters. The highest BCUT2D eigenvalue weighted by atomic mass is 16.5. The average Bonchev–Trinajstić information content (AvgIpc) is 2.79. The van der Waals surface area contributed by atoms with E-state index in [2.05, 4.69) is 10.3 Å². The zero-order valence-corrected chi connectivity index (χ0v) is 18.3. The molecular formula is C23H28N6O3. The van der Waals surface area contributed by atoms with Gasteiger partial charge in [0.05, 0.1) is 36.8 Å². The third kappa shape index (κ3) is 3.93. The van der Waals surface area contributed by atoms with E-state index in [9.17, 15) is 4.79 Å². The molecule has 168 valence electrons. The van der Waals surface area contributed by atoms with Gasteiger partial charge in [-0.25, -0.2) is 9.79 Å². The summed E-state index contributed by atoms with van der Waals surface area (Å²) >= 11 is 0. The highest BCUT2D eigenvalue weighted by Gasteiger charge is 2.43. The lowest BCUT2D eigenvalue weighted by molar-refractivity contribution is 0.0600. The van der Waals surface area contributed by atoms with Crippen LogP contribution in [0.4, 0.5) is 17.1 Å². The second-order valence-electron chi connectivity index (χ2n) is 7.87. The molecule has 1 fully saturated rings. The largest absolute Gasteiger partial charge is 0.495 e. The lowest BCUT2D eigenvalue weighted by atomic mass is 9.87. The Labute approximate surface area is 187 Å². The van der Waals surface area contributed by atoms with Gasteiger partial charge in [0.2, 0.25) is 11.9 Å². The monoisotopic (exact) mass is 436 g/mol. The number of anilines is 3. The Bertz CT molecular complexity index is 1080. The van der Waals surface area contributed by atoms with Gasteiger partial charge in [0.25, 0.3) is 0 Å². The first-order chi connectivity index (χ1) is 15.5. The molecule has 0 aromatic heterocycles. The lowest BCUT2D eigenvalue weighted by Crippen LogP contribution is -2.58. The molecule has 0 amide bonds. The van der Waals surface area contributed by atoms with Gasteiger partial charge in [-0.15, -0.1) is 0 Å². The second kappa shape index (κ2) is 8.78. The summed E-state index contributed by atoms with van der Waals surface area (Å²) in [4.78, 5) is 23.2. The number of benzene rings is 2. The number of esters is 1. The van der Waals surface area contributed by atoms with Crippen molar-refractivity contribution in [2.45, 2.75) is 37.8 Å². The van der Waals surface area contributed by atoms with Crippen molar-refractivity contribution in [1.82, 2.24) is 0 Å². The molecule has 2 aromatic carbocycles. The summed E-state index contributed by atoms with van der Waals surface area (Å²) < 4.78 is 10.4. The number of nitrogens with one attached hydrogen (secondary N) is 1. The molecule has 4 rings (SSSR count). The fraction of sp³-hybridized carbons (Fsp3) is 0.348. The van der Waals surface area contributed by atoms with Gasteiger partial charge in [-0.3, -0.25) is 4.90 Å². The number of aliphatic imine (C=N–C) groups is 2. The van der Waals surface area contributed by atoms with E-state index in [0.29, 0.717) is 17.0 Å². The van der Waals surface area contributed by atoms with E-state index in [0.717, 1.165) is 43.5 Å². The molecule has 1 heterocycles. The fourth-order valence-electron chi connectivity index (χ4n) is 4.43. The smallest absolute Gasteiger partial charge is 0.337 e. The molecule has 9 heteroatoms. The molecule has 0 saturated heterocycles. The molecule has 1 aliphatic carbocycles. The van der Waals surface area contributed by atoms with Crippen LogP contribution in [0, 0.1) is 0 Å². The van der Waals surface area contributed by atoms with E-state index in [1.54, 1.807) is 19.2 Å². The minimum absolute atomic E-state index is 0.170. The van der Waals surface area contributed by atoms with E-state index in [1.165, 1.54) is 7.11 Å². The summed E-state index contributed by atoms with van der Waals surface area (Å²) in [5.74, 6) is 0.655. The number of guanidine groups is 2. The highest BCUT2D eigenvalue weighted by molar-refractivity contribution is 6.08. The third-order valence-corrected chi connectivity index (χ3v) is 5.89. The van der Waals surface area contributed by atoms with Crippen molar-refractivity contribution >= 4 is 35.0 Å². The van der Waals surface area contributed by atoms with Gasteiger partial charge in [0.15, 0.2) is 0 Å². The van der Waals surface area contributed by atoms with Crippen LogP contribution in [-0.4, -0.2) is 37.8 Å². The number of nitrogens with zero attached hydrogens (tertiary/aromatic N) is 3.